The minimum atomic E-state index is -0.281. The Morgan fingerprint density at radius 1 is 1.19 bits per heavy atom. The average molecular weight is 302 g/mol. The van der Waals surface area contributed by atoms with E-state index in [-0.39, 0.29) is 11.7 Å². The third-order valence-electron chi connectivity index (χ3n) is 4.32. The summed E-state index contributed by atoms with van der Waals surface area (Å²) in [5, 5.41) is 4.07. The monoisotopic (exact) mass is 301 g/mol. The first-order valence-corrected chi connectivity index (χ1v) is 7.62. The molecule has 0 saturated carbocycles. The zero-order chi connectivity index (χ0) is 14.3. The van der Waals surface area contributed by atoms with Crippen molar-refractivity contribution < 1.29 is 4.74 Å². The summed E-state index contributed by atoms with van der Waals surface area (Å²) in [4.78, 5) is 9.07. The van der Waals surface area contributed by atoms with Crippen molar-refractivity contribution >= 4 is 11.6 Å². The second-order valence-corrected chi connectivity index (χ2v) is 6.02. The molecule has 2 aliphatic heterocycles. The maximum Gasteiger partial charge on any atom is 0.128 e. The van der Waals surface area contributed by atoms with Crippen LogP contribution < -0.4 is 5.32 Å². The zero-order valence-electron chi connectivity index (χ0n) is 11.6. The molecular formula is C16H16ClN3O. The van der Waals surface area contributed by atoms with Gasteiger partial charge in [0.05, 0.1) is 11.4 Å². The number of piperidine rings is 1. The Hall–Kier alpha value is -1.49. The number of nitrogens with zero attached hydrogens (tertiary/aromatic N) is 2. The minimum absolute atomic E-state index is 0.175. The van der Waals surface area contributed by atoms with Crippen molar-refractivity contribution in [1.29, 1.82) is 0 Å². The second kappa shape index (κ2) is 5.05. The van der Waals surface area contributed by atoms with Crippen LogP contribution in [0.5, 0.6) is 0 Å². The van der Waals surface area contributed by atoms with Crippen molar-refractivity contribution in [3.8, 4) is 0 Å². The Morgan fingerprint density at radius 2 is 2.05 bits per heavy atom. The zero-order valence-corrected chi connectivity index (χ0v) is 12.3. The summed E-state index contributed by atoms with van der Waals surface area (Å²) in [5.74, 6) is 0. The smallest absolute Gasteiger partial charge is 0.128 e. The topological polar surface area (TPSA) is 47.0 Å². The van der Waals surface area contributed by atoms with Gasteiger partial charge in [-0.05, 0) is 44.1 Å². The molecule has 2 aliphatic rings. The van der Waals surface area contributed by atoms with Crippen LogP contribution in [0.2, 0.25) is 5.02 Å². The van der Waals surface area contributed by atoms with E-state index in [1.54, 1.807) is 12.3 Å². The number of fused-ring (bicyclic) bond motifs is 2. The number of nitrogens with one attached hydrogen (secondary N) is 1. The van der Waals surface area contributed by atoms with Crippen LogP contribution in [0, 0.1) is 0 Å². The van der Waals surface area contributed by atoms with Crippen LogP contribution in [0.4, 0.5) is 0 Å². The molecule has 1 saturated heterocycles. The number of ether oxygens (including phenoxy) is 1. The van der Waals surface area contributed by atoms with Crippen LogP contribution in [0.3, 0.4) is 0 Å². The molecule has 1 fully saturated rings. The first kappa shape index (κ1) is 13.2. The van der Waals surface area contributed by atoms with Gasteiger partial charge in [0.1, 0.15) is 11.7 Å². The third kappa shape index (κ3) is 2.14. The van der Waals surface area contributed by atoms with Crippen molar-refractivity contribution in [1.82, 2.24) is 15.3 Å². The van der Waals surface area contributed by atoms with Crippen molar-refractivity contribution in [3.63, 3.8) is 0 Å². The summed E-state index contributed by atoms with van der Waals surface area (Å²) in [7, 11) is 0. The molecule has 0 amide bonds. The number of pyridine rings is 2. The van der Waals surface area contributed by atoms with Gasteiger partial charge in [-0.3, -0.25) is 9.97 Å². The van der Waals surface area contributed by atoms with Crippen molar-refractivity contribution in [2.24, 2.45) is 0 Å². The highest BCUT2D eigenvalue weighted by molar-refractivity contribution is 6.30. The molecule has 0 aromatic carbocycles. The lowest BCUT2D eigenvalue weighted by Crippen LogP contribution is -2.40. The van der Waals surface area contributed by atoms with E-state index in [0.717, 1.165) is 42.9 Å². The van der Waals surface area contributed by atoms with Gasteiger partial charge in [0.15, 0.2) is 0 Å². The summed E-state index contributed by atoms with van der Waals surface area (Å²) < 4.78 is 6.48. The highest BCUT2D eigenvalue weighted by Gasteiger charge is 2.47. The largest absolute Gasteiger partial charge is 0.354 e. The molecule has 1 atom stereocenters. The van der Waals surface area contributed by atoms with E-state index in [1.165, 1.54) is 0 Å². The van der Waals surface area contributed by atoms with E-state index in [2.05, 4.69) is 21.4 Å². The van der Waals surface area contributed by atoms with Gasteiger partial charge in [-0.25, -0.2) is 0 Å². The molecule has 1 N–H and O–H groups in total. The van der Waals surface area contributed by atoms with Crippen molar-refractivity contribution in [2.45, 2.75) is 24.5 Å². The van der Waals surface area contributed by atoms with Gasteiger partial charge in [0.25, 0.3) is 0 Å². The van der Waals surface area contributed by atoms with Gasteiger partial charge < -0.3 is 10.1 Å². The molecule has 4 heterocycles. The Kier molecular flexibility index (Phi) is 3.17. The molecule has 4 nitrogen and oxygen atoms in total. The fourth-order valence-electron chi connectivity index (χ4n) is 3.32. The first-order valence-electron chi connectivity index (χ1n) is 7.24. The van der Waals surface area contributed by atoms with Crippen LogP contribution in [0.15, 0.2) is 36.7 Å². The van der Waals surface area contributed by atoms with Crippen LogP contribution in [-0.4, -0.2) is 23.1 Å². The van der Waals surface area contributed by atoms with Gasteiger partial charge >= 0.3 is 0 Å². The molecule has 108 valence electrons. The highest BCUT2D eigenvalue weighted by Crippen LogP contribution is 2.49. The molecule has 5 heteroatoms. The van der Waals surface area contributed by atoms with Crippen molar-refractivity contribution in [2.75, 3.05) is 13.1 Å². The third-order valence-corrected chi connectivity index (χ3v) is 4.55. The maximum atomic E-state index is 6.48. The Bertz CT molecular complexity index is 670. The number of hydrogen-bond acceptors (Lipinski definition) is 4. The number of rotatable bonds is 1. The molecule has 0 aliphatic carbocycles. The molecule has 2 aromatic rings. The molecule has 4 rings (SSSR count). The molecular weight excluding hydrogens is 286 g/mol. The fourth-order valence-corrected chi connectivity index (χ4v) is 3.49. The summed E-state index contributed by atoms with van der Waals surface area (Å²) >= 11 is 6.11. The summed E-state index contributed by atoms with van der Waals surface area (Å²) in [5.41, 5.74) is 2.76. The normalized spacial score (nSPS) is 23.2. The SMILES string of the molecule is Clc1ccnc(C2OC3(CCNCC3)c3ncccc32)c1. The van der Waals surface area contributed by atoms with E-state index in [1.807, 2.05) is 18.3 Å². The quantitative estimate of drug-likeness (QED) is 0.880. The Balaban J connectivity index is 1.81. The lowest BCUT2D eigenvalue weighted by Gasteiger charge is -2.33. The predicted octanol–water partition coefficient (Wildman–Crippen LogP) is 2.83. The first-order chi connectivity index (χ1) is 10.3. The summed E-state index contributed by atoms with van der Waals surface area (Å²) in [6, 6.07) is 7.71. The molecule has 1 spiro atoms. The van der Waals surface area contributed by atoms with E-state index < -0.39 is 0 Å². The number of halogens is 1. The highest BCUT2D eigenvalue weighted by atomic mass is 35.5. The van der Waals surface area contributed by atoms with E-state index >= 15 is 0 Å². The van der Waals surface area contributed by atoms with Crippen LogP contribution in [0.25, 0.3) is 0 Å². The fraction of sp³-hybridized carbons (Fsp3) is 0.375. The summed E-state index contributed by atoms with van der Waals surface area (Å²) in [6.45, 7) is 1.90. The molecule has 0 bridgehead atoms. The van der Waals surface area contributed by atoms with Gasteiger partial charge in [-0.15, -0.1) is 0 Å². The van der Waals surface area contributed by atoms with E-state index in [4.69, 9.17) is 16.3 Å². The predicted molar refractivity (Wildman–Crippen MR) is 80.2 cm³/mol. The van der Waals surface area contributed by atoms with Crippen LogP contribution in [-0.2, 0) is 10.3 Å². The molecule has 1 unspecified atom stereocenters. The molecule has 0 radical (unpaired) electrons. The van der Waals surface area contributed by atoms with Gasteiger partial charge in [0, 0.05) is 23.0 Å². The van der Waals surface area contributed by atoms with E-state index in [0.29, 0.717) is 5.02 Å². The Morgan fingerprint density at radius 3 is 2.86 bits per heavy atom. The summed E-state index contributed by atoms with van der Waals surface area (Å²) in [6.07, 6.45) is 5.28. The minimum Gasteiger partial charge on any atom is -0.354 e. The lowest BCUT2D eigenvalue weighted by molar-refractivity contribution is -0.0830. The number of aromatic nitrogens is 2. The maximum absolute atomic E-state index is 6.48. The number of hydrogen-bond donors (Lipinski definition) is 1. The average Bonchev–Trinajstić information content (AvgIpc) is 2.83. The van der Waals surface area contributed by atoms with Gasteiger partial charge in [-0.1, -0.05) is 17.7 Å². The van der Waals surface area contributed by atoms with Crippen LogP contribution >= 0.6 is 11.6 Å². The molecule has 21 heavy (non-hydrogen) atoms. The Labute approximate surface area is 128 Å². The second-order valence-electron chi connectivity index (χ2n) is 5.58. The van der Waals surface area contributed by atoms with Crippen molar-refractivity contribution in [3.05, 3.63) is 58.6 Å². The van der Waals surface area contributed by atoms with Gasteiger partial charge in [0.2, 0.25) is 0 Å². The van der Waals surface area contributed by atoms with Crippen LogP contribution in [0.1, 0.15) is 35.9 Å². The van der Waals surface area contributed by atoms with E-state index in [9.17, 15) is 0 Å². The van der Waals surface area contributed by atoms with Gasteiger partial charge in [-0.2, -0.15) is 0 Å². The molecule has 2 aromatic heterocycles. The lowest BCUT2D eigenvalue weighted by atomic mass is 9.88. The standard InChI is InChI=1S/C16H16ClN3O/c17-11-3-7-19-13(10-11)14-12-2-1-6-20-15(12)16(21-14)4-8-18-9-5-16/h1-3,6-7,10,14,18H,4-5,8-9H2.